The minimum atomic E-state index is 0.758. The van der Waals surface area contributed by atoms with Crippen LogP contribution in [-0.2, 0) is 0 Å². The molecule has 0 unspecified atom stereocenters. The highest BCUT2D eigenvalue weighted by atomic mass is 79.9. The lowest BCUT2D eigenvalue weighted by Crippen LogP contribution is -2.01. The first-order valence-electron chi connectivity index (χ1n) is 6.57. The molecule has 0 aliphatic heterocycles. The fourth-order valence-corrected chi connectivity index (χ4v) is 2.87. The Labute approximate surface area is 129 Å². The lowest BCUT2D eigenvalue weighted by atomic mass is 10.1. The molecule has 0 fully saturated rings. The topological polar surface area (TPSA) is 48.0 Å². The highest BCUT2D eigenvalue weighted by Crippen LogP contribution is 2.23. The summed E-state index contributed by atoms with van der Waals surface area (Å²) in [6.07, 6.45) is 7.36. The molecule has 6 heteroatoms. The monoisotopic (exact) mass is 341 g/mol. The van der Waals surface area contributed by atoms with Gasteiger partial charge in [-0.1, -0.05) is 0 Å². The number of hydrogen-bond acceptors (Lipinski definition) is 3. The van der Waals surface area contributed by atoms with E-state index in [2.05, 4.69) is 56.9 Å². The van der Waals surface area contributed by atoms with Gasteiger partial charge in [0.25, 0.3) is 0 Å². The molecule has 104 valence electrons. The van der Waals surface area contributed by atoms with Crippen LogP contribution >= 0.6 is 15.9 Å². The Kier molecular flexibility index (Phi) is 2.62. The summed E-state index contributed by atoms with van der Waals surface area (Å²) in [4.78, 5) is 13.5. The van der Waals surface area contributed by atoms with E-state index in [1.54, 1.807) is 12.5 Å². The molecule has 4 aromatic rings. The molecule has 0 bridgehead atoms. The molecule has 0 saturated carbocycles. The molecule has 0 atom stereocenters. The van der Waals surface area contributed by atoms with Crippen LogP contribution in [0.2, 0.25) is 0 Å². The second kappa shape index (κ2) is 4.39. The van der Waals surface area contributed by atoms with Crippen LogP contribution < -0.4 is 0 Å². The van der Waals surface area contributed by atoms with E-state index in [9.17, 15) is 0 Å². The Morgan fingerprint density at radius 1 is 1.10 bits per heavy atom. The van der Waals surface area contributed by atoms with Crippen LogP contribution in [0.4, 0.5) is 0 Å². The maximum atomic E-state index is 4.57. The lowest BCUT2D eigenvalue weighted by molar-refractivity contribution is 0.977. The molecule has 0 amide bonds. The van der Waals surface area contributed by atoms with Gasteiger partial charge in [-0.05, 0) is 53.0 Å². The number of hydrogen-bond donors (Lipinski definition) is 0. The fraction of sp³-hybridized carbons (Fsp3) is 0.133. The molecule has 5 nitrogen and oxygen atoms in total. The van der Waals surface area contributed by atoms with Crippen molar-refractivity contribution in [2.24, 2.45) is 0 Å². The molecule has 0 spiro atoms. The van der Waals surface area contributed by atoms with Crippen LogP contribution in [0, 0.1) is 13.8 Å². The summed E-state index contributed by atoms with van der Waals surface area (Å²) in [5, 5.41) is 0. The van der Waals surface area contributed by atoms with Gasteiger partial charge in [-0.2, -0.15) is 0 Å². The number of aromatic nitrogens is 5. The van der Waals surface area contributed by atoms with Gasteiger partial charge in [0.1, 0.15) is 10.9 Å². The smallest absolute Gasteiger partial charge is 0.183 e. The summed E-state index contributed by atoms with van der Waals surface area (Å²) in [6.45, 7) is 4.20. The lowest BCUT2D eigenvalue weighted by Gasteiger charge is -2.07. The molecule has 0 saturated heterocycles. The van der Waals surface area contributed by atoms with Gasteiger partial charge < -0.3 is 4.40 Å². The maximum absolute atomic E-state index is 4.57. The number of nitrogens with zero attached hydrogens (tertiary/aromatic N) is 5. The van der Waals surface area contributed by atoms with Gasteiger partial charge in [-0.25, -0.2) is 15.0 Å². The van der Waals surface area contributed by atoms with Crippen molar-refractivity contribution >= 4 is 32.6 Å². The van der Waals surface area contributed by atoms with Crippen LogP contribution in [0.25, 0.3) is 22.5 Å². The fourth-order valence-electron chi connectivity index (χ4n) is 2.48. The molecule has 0 N–H and O–H groups in total. The Balaban J connectivity index is 2.09. The average molecular weight is 342 g/mol. The molecular weight excluding hydrogens is 330 g/mol. The summed E-state index contributed by atoms with van der Waals surface area (Å²) >= 11 is 3.45. The van der Waals surface area contributed by atoms with Crippen molar-refractivity contribution in [3.63, 3.8) is 0 Å². The minimum absolute atomic E-state index is 0.758. The Hall–Kier alpha value is -2.21. The number of fused-ring (bicyclic) bond motifs is 2. The maximum Gasteiger partial charge on any atom is 0.183 e. The van der Waals surface area contributed by atoms with E-state index in [4.69, 9.17) is 0 Å². The summed E-state index contributed by atoms with van der Waals surface area (Å²) < 4.78 is 4.68. The molecule has 0 aliphatic rings. The third-order valence-electron chi connectivity index (χ3n) is 3.72. The Bertz CT molecular complexity index is 982. The van der Waals surface area contributed by atoms with Crippen molar-refractivity contribution in [2.75, 3.05) is 0 Å². The summed E-state index contributed by atoms with van der Waals surface area (Å²) in [5.74, 6) is 0.764. The van der Waals surface area contributed by atoms with Crippen molar-refractivity contribution in [1.82, 2.24) is 23.9 Å². The predicted molar refractivity (Wildman–Crippen MR) is 84.8 cm³/mol. The minimum Gasteiger partial charge on any atom is -0.301 e. The van der Waals surface area contributed by atoms with Gasteiger partial charge in [0, 0.05) is 18.6 Å². The average Bonchev–Trinajstić information content (AvgIpc) is 3.05. The van der Waals surface area contributed by atoms with E-state index in [-0.39, 0.29) is 0 Å². The first kappa shape index (κ1) is 12.5. The van der Waals surface area contributed by atoms with Gasteiger partial charge in [0.2, 0.25) is 0 Å². The van der Waals surface area contributed by atoms with Gasteiger partial charge in [-0.3, -0.25) is 4.57 Å². The predicted octanol–water partition coefficient (Wildman–Crippen LogP) is 3.45. The van der Waals surface area contributed by atoms with Gasteiger partial charge in [0.15, 0.2) is 11.5 Å². The highest BCUT2D eigenvalue weighted by Gasteiger charge is 2.12. The number of rotatable bonds is 1. The van der Waals surface area contributed by atoms with Crippen LogP contribution in [-0.4, -0.2) is 23.9 Å². The Morgan fingerprint density at radius 2 is 1.90 bits per heavy atom. The molecule has 21 heavy (non-hydrogen) atoms. The summed E-state index contributed by atoms with van der Waals surface area (Å²) in [7, 11) is 0. The van der Waals surface area contributed by atoms with Crippen LogP contribution in [0.15, 0.2) is 41.7 Å². The second-order valence-corrected chi connectivity index (χ2v) is 5.90. The quantitative estimate of drug-likeness (QED) is 0.532. The zero-order chi connectivity index (χ0) is 14.6. The van der Waals surface area contributed by atoms with Gasteiger partial charge in [-0.15, -0.1) is 0 Å². The number of halogens is 1. The van der Waals surface area contributed by atoms with E-state index in [0.29, 0.717) is 0 Å². The first-order valence-corrected chi connectivity index (χ1v) is 7.36. The largest absolute Gasteiger partial charge is 0.301 e. The van der Waals surface area contributed by atoms with E-state index >= 15 is 0 Å². The first-order chi connectivity index (χ1) is 10.1. The van der Waals surface area contributed by atoms with E-state index in [0.717, 1.165) is 27.1 Å². The van der Waals surface area contributed by atoms with Crippen LogP contribution in [0.5, 0.6) is 0 Å². The van der Waals surface area contributed by atoms with Crippen molar-refractivity contribution in [1.29, 1.82) is 0 Å². The molecular formula is C15H12BrN5. The van der Waals surface area contributed by atoms with Crippen LogP contribution in [0.3, 0.4) is 0 Å². The van der Waals surface area contributed by atoms with Crippen molar-refractivity contribution in [2.45, 2.75) is 13.8 Å². The van der Waals surface area contributed by atoms with E-state index < -0.39 is 0 Å². The van der Waals surface area contributed by atoms with Crippen molar-refractivity contribution in [3.8, 4) is 5.82 Å². The molecule has 1 aromatic carbocycles. The molecule has 3 aromatic heterocycles. The highest BCUT2D eigenvalue weighted by molar-refractivity contribution is 9.10. The summed E-state index contributed by atoms with van der Waals surface area (Å²) in [6, 6.07) is 4.24. The van der Waals surface area contributed by atoms with E-state index in [1.165, 1.54) is 11.1 Å². The Morgan fingerprint density at radius 3 is 2.76 bits per heavy atom. The third-order valence-corrected chi connectivity index (χ3v) is 4.10. The molecule has 0 aliphatic carbocycles. The molecule has 4 rings (SSSR count). The van der Waals surface area contributed by atoms with Gasteiger partial charge >= 0.3 is 0 Å². The normalized spacial score (nSPS) is 11.6. The number of benzene rings is 1. The number of aryl methyl sites for hydroxylation is 2. The van der Waals surface area contributed by atoms with Gasteiger partial charge in [0.05, 0.1) is 11.0 Å². The zero-order valence-electron chi connectivity index (χ0n) is 11.6. The molecule has 3 heterocycles. The standard InChI is InChI=1S/C15H12BrN5/c1-9-5-11-12(6-10(9)2)21(8-18-11)15-14-17-3-4-20(14)7-13(16)19-15/h3-8H,1-2H3. The summed E-state index contributed by atoms with van der Waals surface area (Å²) in [5.41, 5.74) is 5.27. The van der Waals surface area contributed by atoms with E-state index in [1.807, 2.05) is 21.4 Å². The second-order valence-electron chi connectivity index (χ2n) is 5.09. The number of imidazole rings is 2. The third kappa shape index (κ3) is 1.86. The SMILES string of the molecule is Cc1cc2ncn(-c3nc(Br)cn4ccnc34)c2cc1C. The zero-order valence-corrected chi connectivity index (χ0v) is 13.2. The van der Waals surface area contributed by atoms with Crippen molar-refractivity contribution in [3.05, 3.63) is 52.8 Å². The van der Waals surface area contributed by atoms with Crippen molar-refractivity contribution < 1.29 is 0 Å². The van der Waals surface area contributed by atoms with Crippen LogP contribution in [0.1, 0.15) is 11.1 Å². The molecule has 0 radical (unpaired) electrons.